The molecule has 0 amide bonds. The largest absolute Gasteiger partial charge is 0.476 e. The molecule has 5 nitrogen and oxygen atoms in total. The minimum Gasteiger partial charge on any atom is -0.476 e. The normalized spacial score (nSPS) is 20.2. The number of carboxylic acids is 1. The lowest BCUT2D eigenvalue weighted by atomic mass is 10.2. The highest BCUT2D eigenvalue weighted by Gasteiger charge is 2.25. The molecule has 1 N–H and O–H groups in total. The van der Waals surface area contributed by atoms with Crippen molar-refractivity contribution >= 4 is 22.4 Å². The fourth-order valence-corrected chi connectivity index (χ4v) is 3.23. The predicted octanol–water partition coefficient (Wildman–Crippen LogP) is 1.76. The summed E-state index contributed by atoms with van der Waals surface area (Å²) in [6.07, 6.45) is 2.47. The van der Waals surface area contributed by atoms with Gasteiger partial charge in [-0.2, -0.15) is 0 Å². The maximum atomic E-state index is 10.8. The molecule has 1 saturated heterocycles. The van der Waals surface area contributed by atoms with Crippen LogP contribution in [0.25, 0.3) is 0 Å². The first-order valence-corrected chi connectivity index (χ1v) is 7.13. The van der Waals surface area contributed by atoms with E-state index in [1.807, 2.05) is 7.05 Å². The molecule has 0 aliphatic carbocycles. The highest BCUT2D eigenvalue weighted by atomic mass is 32.1. The van der Waals surface area contributed by atoms with Gasteiger partial charge in [0.15, 0.2) is 10.8 Å². The summed E-state index contributed by atoms with van der Waals surface area (Å²) in [5.74, 6) is -0.957. The van der Waals surface area contributed by atoms with Crippen molar-refractivity contribution in [3.63, 3.8) is 0 Å². The highest BCUT2D eigenvalue weighted by molar-refractivity contribution is 7.13. The summed E-state index contributed by atoms with van der Waals surface area (Å²) < 4.78 is 0. The van der Waals surface area contributed by atoms with Gasteiger partial charge in [-0.25, -0.2) is 9.78 Å². The van der Waals surface area contributed by atoms with Crippen LogP contribution in [-0.2, 0) is 0 Å². The molecule has 1 atom stereocenters. The van der Waals surface area contributed by atoms with Crippen LogP contribution in [0.15, 0.2) is 5.38 Å². The number of anilines is 1. The third-order valence-electron chi connectivity index (χ3n) is 3.43. The smallest absolute Gasteiger partial charge is 0.355 e. The van der Waals surface area contributed by atoms with Crippen molar-refractivity contribution in [2.75, 3.05) is 31.6 Å². The van der Waals surface area contributed by atoms with Crippen LogP contribution in [0.3, 0.4) is 0 Å². The summed E-state index contributed by atoms with van der Waals surface area (Å²) in [6.45, 7) is 5.36. The Hall–Kier alpha value is -1.14. The zero-order chi connectivity index (χ0) is 13.1. The minimum absolute atomic E-state index is 0.139. The average Bonchev–Trinajstić information content (AvgIpc) is 2.96. The second-order valence-electron chi connectivity index (χ2n) is 4.63. The molecule has 1 aromatic heterocycles. The van der Waals surface area contributed by atoms with E-state index < -0.39 is 5.97 Å². The van der Waals surface area contributed by atoms with Gasteiger partial charge in [-0.3, -0.25) is 4.90 Å². The van der Waals surface area contributed by atoms with Gasteiger partial charge in [-0.1, -0.05) is 6.92 Å². The van der Waals surface area contributed by atoms with E-state index in [4.69, 9.17) is 5.11 Å². The van der Waals surface area contributed by atoms with Crippen LogP contribution in [0.4, 0.5) is 5.13 Å². The number of carbonyl (C=O) groups is 1. The van der Waals surface area contributed by atoms with E-state index in [9.17, 15) is 4.79 Å². The van der Waals surface area contributed by atoms with Crippen LogP contribution >= 0.6 is 11.3 Å². The molecule has 0 saturated carbocycles. The maximum Gasteiger partial charge on any atom is 0.355 e. The summed E-state index contributed by atoms with van der Waals surface area (Å²) in [4.78, 5) is 19.5. The second kappa shape index (κ2) is 5.67. The number of carboxylic acid groups (broad SMARTS) is 1. The Labute approximate surface area is 111 Å². The number of hydrogen-bond donors (Lipinski definition) is 1. The molecule has 1 aromatic rings. The summed E-state index contributed by atoms with van der Waals surface area (Å²) in [5, 5.41) is 11.2. The number of aromatic nitrogens is 1. The average molecular weight is 269 g/mol. The molecule has 1 unspecified atom stereocenters. The summed E-state index contributed by atoms with van der Waals surface area (Å²) in [5.41, 5.74) is 0.139. The van der Waals surface area contributed by atoms with Crippen molar-refractivity contribution in [2.45, 2.75) is 25.8 Å². The molecule has 0 spiro atoms. The monoisotopic (exact) mass is 269 g/mol. The van der Waals surface area contributed by atoms with E-state index in [1.165, 1.54) is 30.7 Å². The molecule has 1 fully saturated rings. The molecule has 0 bridgehead atoms. The molecule has 2 rings (SSSR count). The van der Waals surface area contributed by atoms with E-state index in [1.54, 1.807) is 5.38 Å². The fraction of sp³-hybridized carbons (Fsp3) is 0.667. The van der Waals surface area contributed by atoms with Gasteiger partial charge in [0.2, 0.25) is 0 Å². The Morgan fingerprint density at radius 2 is 2.50 bits per heavy atom. The maximum absolute atomic E-state index is 10.8. The Balaban J connectivity index is 1.98. The number of nitrogens with zero attached hydrogens (tertiary/aromatic N) is 3. The Bertz CT molecular complexity index is 421. The van der Waals surface area contributed by atoms with Gasteiger partial charge in [0, 0.05) is 25.0 Å². The van der Waals surface area contributed by atoms with Crippen molar-refractivity contribution in [3.05, 3.63) is 11.1 Å². The van der Waals surface area contributed by atoms with Crippen molar-refractivity contribution in [1.29, 1.82) is 0 Å². The van der Waals surface area contributed by atoms with Crippen LogP contribution in [0.2, 0.25) is 0 Å². The Morgan fingerprint density at radius 1 is 1.72 bits per heavy atom. The minimum atomic E-state index is -0.957. The van der Waals surface area contributed by atoms with Crippen LogP contribution in [0.1, 0.15) is 30.3 Å². The van der Waals surface area contributed by atoms with Gasteiger partial charge in [0.05, 0.1) is 0 Å². The number of likely N-dealkylation sites (N-methyl/N-ethyl adjacent to an activating group) is 2. The lowest BCUT2D eigenvalue weighted by Crippen LogP contribution is -2.38. The van der Waals surface area contributed by atoms with E-state index in [0.717, 1.165) is 18.2 Å². The van der Waals surface area contributed by atoms with Gasteiger partial charge in [0.25, 0.3) is 0 Å². The van der Waals surface area contributed by atoms with Crippen molar-refractivity contribution < 1.29 is 9.90 Å². The number of rotatable bonds is 5. The molecule has 0 aromatic carbocycles. The molecular weight excluding hydrogens is 250 g/mol. The number of aromatic carboxylic acids is 1. The topological polar surface area (TPSA) is 56.7 Å². The van der Waals surface area contributed by atoms with Crippen LogP contribution < -0.4 is 4.90 Å². The SMILES string of the molecule is CCN1CCCC1CN(C)c1nc(C(=O)O)cs1. The molecule has 1 aliphatic rings. The first-order chi connectivity index (χ1) is 8.61. The zero-order valence-electron chi connectivity index (χ0n) is 10.8. The summed E-state index contributed by atoms with van der Waals surface area (Å²) in [7, 11) is 1.98. The molecule has 1 aliphatic heterocycles. The quantitative estimate of drug-likeness (QED) is 0.882. The van der Waals surface area contributed by atoms with Gasteiger partial charge in [0.1, 0.15) is 0 Å². The van der Waals surface area contributed by atoms with Crippen LogP contribution in [-0.4, -0.2) is 53.7 Å². The second-order valence-corrected chi connectivity index (χ2v) is 5.46. The molecular formula is C12H19N3O2S. The number of likely N-dealkylation sites (tertiary alicyclic amines) is 1. The molecule has 18 heavy (non-hydrogen) atoms. The third-order valence-corrected chi connectivity index (χ3v) is 4.38. The first-order valence-electron chi connectivity index (χ1n) is 6.25. The van der Waals surface area contributed by atoms with E-state index in [-0.39, 0.29) is 5.69 Å². The van der Waals surface area contributed by atoms with Crippen molar-refractivity contribution in [3.8, 4) is 0 Å². The van der Waals surface area contributed by atoms with E-state index in [2.05, 4.69) is 21.7 Å². The van der Waals surface area contributed by atoms with Crippen molar-refractivity contribution in [2.24, 2.45) is 0 Å². The third kappa shape index (κ3) is 2.81. The predicted molar refractivity (Wildman–Crippen MR) is 72.6 cm³/mol. The van der Waals surface area contributed by atoms with Crippen LogP contribution in [0, 0.1) is 0 Å². The van der Waals surface area contributed by atoms with E-state index >= 15 is 0 Å². The lowest BCUT2D eigenvalue weighted by molar-refractivity contribution is 0.0691. The molecule has 2 heterocycles. The van der Waals surface area contributed by atoms with Gasteiger partial charge >= 0.3 is 5.97 Å². The summed E-state index contributed by atoms with van der Waals surface area (Å²) in [6, 6.07) is 0.567. The van der Waals surface area contributed by atoms with Gasteiger partial charge < -0.3 is 10.0 Å². The standard InChI is InChI=1S/C12H19N3O2S/c1-3-15-6-4-5-9(15)7-14(2)12-13-10(8-18-12)11(16)17/h8-9H,3-7H2,1-2H3,(H,16,17). The Kier molecular flexibility index (Phi) is 4.19. The molecule has 0 radical (unpaired) electrons. The molecule has 100 valence electrons. The first kappa shape index (κ1) is 13.3. The number of hydrogen-bond acceptors (Lipinski definition) is 5. The number of thiazole rings is 1. The van der Waals surface area contributed by atoms with Gasteiger partial charge in [-0.05, 0) is 25.9 Å². The fourth-order valence-electron chi connectivity index (χ4n) is 2.45. The highest BCUT2D eigenvalue weighted by Crippen LogP contribution is 2.23. The van der Waals surface area contributed by atoms with Crippen LogP contribution in [0.5, 0.6) is 0 Å². The van der Waals surface area contributed by atoms with Gasteiger partial charge in [-0.15, -0.1) is 11.3 Å². The van der Waals surface area contributed by atoms with Crippen molar-refractivity contribution in [1.82, 2.24) is 9.88 Å². The van der Waals surface area contributed by atoms with E-state index in [0.29, 0.717) is 6.04 Å². The lowest BCUT2D eigenvalue weighted by Gasteiger charge is -2.27. The molecule has 6 heteroatoms. The Morgan fingerprint density at radius 3 is 3.11 bits per heavy atom. The zero-order valence-corrected chi connectivity index (χ0v) is 11.6. The summed E-state index contributed by atoms with van der Waals surface area (Å²) >= 11 is 1.39.